The van der Waals surface area contributed by atoms with E-state index in [0.717, 1.165) is 5.56 Å². The van der Waals surface area contributed by atoms with Crippen molar-refractivity contribution in [2.75, 3.05) is 12.3 Å². The fourth-order valence-corrected chi connectivity index (χ4v) is 3.30. The number of thioether (sulfide) groups is 1. The number of aromatic nitrogens is 2. The van der Waals surface area contributed by atoms with Gasteiger partial charge >= 0.3 is 0 Å². The van der Waals surface area contributed by atoms with Crippen molar-refractivity contribution in [1.82, 2.24) is 14.7 Å². The lowest BCUT2D eigenvalue weighted by Gasteiger charge is -2.06. The van der Waals surface area contributed by atoms with Gasteiger partial charge < -0.3 is 0 Å². The highest BCUT2D eigenvalue weighted by molar-refractivity contribution is 7.99. The van der Waals surface area contributed by atoms with Crippen LogP contribution in [0.5, 0.6) is 0 Å². The highest BCUT2D eigenvalue weighted by Gasteiger charge is 2.12. The van der Waals surface area contributed by atoms with E-state index in [1.807, 2.05) is 6.92 Å². The molecule has 0 amide bonds. The molecule has 2 rings (SSSR count). The van der Waals surface area contributed by atoms with E-state index in [-0.39, 0.29) is 4.90 Å². The minimum Gasteiger partial charge on any atom is -0.231 e. The number of benzene rings is 1. The smallest absolute Gasteiger partial charge is 0.231 e. The van der Waals surface area contributed by atoms with Crippen molar-refractivity contribution in [1.29, 1.82) is 0 Å². The second-order valence-electron chi connectivity index (χ2n) is 4.09. The highest BCUT2D eigenvalue weighted by Crippen LogP contribution is 2.12. The molecule has 0 atom stereocenters. The Morgan fingerprint density at radius 3 is 2.45 bits per heavy atom. The van der Waals surface area contributed by atoms with E-state index in [2.05, 4.69) is 14.7 Å². The molecule has 0 unspecified atom stereocenters. The molecule has 7 heteroatoms. The van der Waals surface area contributed by atoms with Gasteiger partial charge in [-0.15, -0.1) is 0 Å². The Balaban J connectivity index is 1.85. The number of aryl methyl sites for hydroxylation is 1. The molecule has 2 aromatic rings. The van der Waals surface area contributed by atoms with Crippen LogP contribution in [0, 0.1) is 6.92 Å². The van der Waals surface area contributed by atoms with Crippen LogP contribution in [0.4, 0.5) is 0 Å². The summed E-state index contributed by atoms with van der Waals surface area (Å²) in [5, 5.41) is 0.641. The molecule has 1 aromatic carbocycles. The van der Waals surface area contributed by atoms with Crippen molar-refractivity contribution in [3.8, 4) is 0 Å². The largest absolute Gasteiger partial charge is 0.240 e. The highest BCUT2D eigenvalue weighted by atomic mass is 32.2. The van der Waals surface area contributed by atoms with Crippen molar-refractivity contribution >= 4 is 21.8 Å². The maximum Gasteiger partial charge on any atom is 0.240 e. The first-order chi connectivity index (χ1) is 9.58. The van der Waals surface area contributed by atoms with Crippen molar-refractivity contribution in [2.45, 2.75) is 17.0 Å². The van der Waals surface area contributed by atoms with Crippen molar-refractivity contribution in [3.05, 3.63) is 48.3 Å². The quantitative estimate of drug-likeness (QED) is 0.501. The van der Waals surface area contributed by atoms with Gasteiger partial charge in [0, 0.05) is 24.7 Å². The number of hydrogen-bond acceptors (Lipinski definition) is 5. The molecule has 0 bridgehead atoms. The van der Waals surface area contributed by atoms with Gasteiger partial charge in [-0.25, -0.2) is 23.1 Å². The van der Waals surface area contributed by atoms with Crippen LogP contribution in [0.1, 0.15) is 5.56 Å². The van der Waals surface area contributed by atoms with Gasteiger partial charge in [-0.2, -0.15) is 0 Å². The van der Waals surface area contributed by atoms with Crippen molar-refractivity contribution < 1.29 is 8.42 Å². The molecule has 0 aliphatic heterocycles. The summed E-state index contributed by atoms with van der Waals surface area (Å²) in [4.78, 5) is 8.39. The summed E-state index contributed by atoms with van der Waals surface area (Å²) < 4.78 is 26.6. The molecule has 5 nitrogen and oxygen atoms in total. The van der Waals surface area contributed by atoms with E-state index >= 15 is 0 Å². The van der Waals surface area contributed by atoms with Gasteiger partial charge in [0.2, 0.25) is 10.0 Å². The molecule has 106 valence electrons. The average Bonchev–Trinajstić information content (AvgIpc) is 2.45. The summed E-state index contributed by atoms with van der Waals surface area (Å²) in [5.41, 5.74) is 1.03. The van der Waals surface area contributed by atoms with Gasteiger partial charge in [0.25, 0.3) is 0 Å². The maximum atomic E-state index is 12.0. The SMILES string of the molecule is Cc1ccc(S(=O)(=O)NCCSc2ncccn2)cc1. The lowest BCUT2D eigenvalue weighted by molar-refractivity contribution is 0.584. The molecule has 0 radical (unpaired) electrons. The molecule has 0 aliphatic rings. The van der Waals surface area contributed by atoms with Crippen LogP contribution >= 0.6 is 11.8 Å². The van der Waals surface area contributed by atoms with Crippen LogP contribution in [-0.2, 0) is 10.0 Å². The summed E-state index contributed by atoms with van der Waals surface area (Å²) in [5.74, 6) is 0.578. The first-order valence-electron chi connectivity index (χ1n) is 6.04. The topological polar surface area (TPSA) is 72.0 Å². The first-order valence-corrected chi connectivity index (χ1v) is 8.51. The first kappa shape index (κ1) is 15.0. The molecule has 1 heterocycles. The van der Waals surface area contributed by atoms with Crippen LogP contribution in [-0.4, -0.2) is 30.7 Å². The molecule has 0 saturated carbocycles. The summed E-state index contributed by atoms with van der Waals surface area (Å²) in [7, 11) is -3.44. The normalized spacial score (nSPS) is 11.4. The molecule has 1 aromatic heterocycles. The Bertz CT molecular complexity index is 643. The molecule has 1 N–H and O–H groups in total. The third-order valence-electron chi connectivity index (χ3n) is 2.50. The fraction of sp³-hybridized carbons (Fsp3) is 0.231. The molecular weight excluding hydrogens is 294 g/mol. The second-order valence-corrected chi connectivity index (χ2v) is 6.92. The summed E-state index contributed by atoms with van der Waals surface area (Å²) in [6.07, 6.45) is 3.32. The number of nitrogens with one attached hydrogen (secondary N) is 1. The summed E-state index contributed by atoms with van der Waals surface area (Å²) in [6, 6.07) is 8.50. The molecule has 0 aliphatic carbocycles. The summed E-state index contributed by atoms with van der Waals surface area (Å²) in [6.45, 7) is 2.25. The van der Waals surface area contributed by atoms with Gasteiger partial charge in [0.1, 0.15) is 0 Å². The Morgan fingerprint density at radius 2 is 1.80 bits per heavy atom. The Morgan fingerprint density at radius 1 is 1.15 bits per heavy atom. The molecule has 0 fully saturated rings. The van der Waals surface area contributed by atoms with E-state index in [0.29, 0.717) is 17.5 Å². The zero-order valence-corrected chi connectivity index (χ0v) is 12.6. The maximum absolute atomic E-state index is 12.0. The third kappa shape index (κ3) is 4.29. The van der Waals surface area contributed by atoms with Crippen LogP contribution in [0.15, 0.2) is 52.8 Å². The lowest BCUT2D eigenvalue weighted by atomic mass is 10.2. The molecule has 0 spiro atoms. The Labute approximate surface area is 122 Å². The predicted octanol–water partition coefficient (Wildman–Crippen LogP) is 1.86. The van der Waals surface area contributed by atoms with Gasteiger partial charge in [-0.3, -0.25) is 0 Å². The molecule has 20 heavy (non-hydrogen) atoms. The number of rotatable bonds is 6. The van der Waals surface area contributed by atoms with Crippen LogP contribution in [0.25, 0.3) is 0 Å². The van der Waals surface area contributed by atoms with Crippen LogP contribution in [0.2, 0.25) is 0 Å². The fourth-order valence-electron chi connectivity index (χ4n) is 1.48. The van der Waals surface area contributed by atoms with E-state index in [1.165, 1.54) is 11.8 Å². The van der Waals surface area contributed by atoms with Gasteiger partial charge in [0.15, 0.2) is 5.16 Å². The van der Waals surface area contributed by atoms with E-state index in [9.17, 15) is 8.42 Å². The average molecular weight is 309 g/mol. The minimum absolute atomic E-state index is 0.282. The van der Waals surface area contributed by atoms with E-state index in [4.69, 9.17) is 0 Å². The van der Waals surface area contributed by atoms with Gasteiger partial charge in [0.05, 0.1) is 4.90 Å². The number of sulfonamides is 1. The number of hydrogen-bond donors (Lipinski definition) is 1. The van der Waals surface area contributed by atoms with Gasteiger partial charge in [-0.05, 0) is 25.1 Å². The van der Waals surface area contributed by atoms with Crippen LogP contribution < -0.4 is 4.72 Å². The zero-order chi connectivity index (χ0) is 14.4. The number of nitrogens with zero attached hydrogens (tertiary/aromatic N) is 2. The lowest BCUT2D eigenvalue weighted by Crippen LogP contribution is -2.26. The standard InChI is InChI=1S/C13H15N3O2S2/c1-11-3-5-12(6-4-11)20(17,18)16-9-10-19-13-14-7-2-8-15-13/h2-8,16H,9-10H2,1H3. The molecule has 0 saturated heterocycles. The minimum atomic E-state index is -3.44. The van der Waals surface area contributed by atoms with Crippen LogP contribution in [0.3, 0.4) is 0 Å². The zero-order valence-electron chi connectivity index (χ0n) is 11.0. The van der Waals surface area contributed by atoms with E-state index in [1.54, 1.807) is 42.7 Å². The van der Waals surface area contributed by atoms with E-state index < -0.39 is 10.0 Å². The van der Waals surface area contributed by atoms with Gasteiger partial charge in [-0.1, -0.05) is 29.5 Å². The Hall–Kier alpha value is -1.44. The summed E-state index contributed by atoms with van der Waals surface area (Å²) >= 11 is 1.41. The second kappa shape index (κ2) is 6.83. The predicted molar refractivity (Wildman–Crippen MR) is 79.1 cm³/mol. The van der Waals surface area contributed by atoms with Crippen molar-refractivity contribution in [2.24, 2.45) is 0 Å². The third-order valence-corrected chi connectivity index (χ3v) is 4.85. The molecular formula is C13H15N3O2S2. The monoisotopic (exact) mass is 309 g/mol. The Kier molecular flexibility index (Phi) is 5.11. The van der Waals surface area contributed by atoms with Crippen molar-refractivity contribution in [3.63, 3.8) is 0 Å².